The highest BCUT2D eigenvalue weighted by molar-refractivity contribution is 7.90. The smallest absolute Gasteiger partial charge is 0.301 e. The molecule has 1 amide bonds. The van der Waals surface area contributed by atoms with Crippen LogP contribution in [0.4, 0.5) is 15.8 Å². The van der Waals surface area contributed by atoms with Crippen molar-refractivity contribution in [1.29, 1.82) is 0 Å². The van der Waals surface area contributed by atoms with Crippen LogP contribution in [-0.4, -0.2) is 41.5 Å². The fourth-order valence-electron chi connectivity index (χ4n) is 3.44. The molecule has 0 spiro atoms. The van der Waals surface area contributed by atoms with E-state index in [2.05, 4.69) is 15.1 Å². The van der Waals surface area contributed by atoms with E-state index in [9.17, 15) is 17.6 Å². The Morgan fingerprint density at radius 1 is 1.13 bits per heavy atom. The minimum absolute atomic E-state index is 0.0995. The topological polar surface area (TPSA) is 96.3 Å². The van der Waals surface area contributed by atoms with E-state index in [-0.39, 0.29) is 10.7 Å². The van der Waals surface area contributed by atoms with E-state index >= 15 is 0 Å². The minimum Gasteiger partial charge on any atom is -0.321 e. The zero-order valence-corrected chi connectivity index (χ0v) is 17.6. The molecule has 0 unspecified atom stereocenters. The van der Waals surface area contributed by atoms with Gasteiger partial charge in [0.25, 0.3) is 5.91 Å². The van der Waals surface area contributed by atoms with Gasteiger partial charge in [0.2, 0.25) is 0 Å². The van der Waals surface area contributed by atoms with Crippen LogP contribution in [0.1, 0.15) is 23.3 Å². The van der Waals surface area contributed by atoms with Gasteiger partial charge in [-0.1, -0.05) is 11.6 Å². The maximum absolute atomic E-state index is 13.3. The van der Waals surface area contributed by atoms with Gasteiger partial charge in [-0.15, -0.1) is 0 Å². The van der Waals surface area contributed by atoms with Gasteiger partial charge in [-0.3, -0.25) is 14.2 Å². The third-order valence-corrected chi connectivity index (χ3v) is 6.71. The first-order valence-corrected chi connectivity index (χ1v) is 11.1. The summed E-state index contributed by atoms with van der Waals surface area (Å²) >= 11 is 5.76. The molecule has 0 radical (unpaired) electrons. The lowest BCUT2D eigenvalue weighted by atomic mass is 10.2. The van der Waals surface area contributed by atoms with Crippen LogP contribution in [-0.2, 0) is 17.3 Å². The number of hydrogen-bond donors (Lipinski definition) is 2. The van der Waals surface area contributed by atoms with E-state index in [1.54, 1.807) is 25.2 Å². The fourth-order valence-corrected chi connectivity index (χ4v) is 4.91. The Labute approximate surface area is 177 Å². The summed E-state index contributed by atoms with van der Waals surface area (Å²) in [5, 5.41) is 7.43. The summed E-state index contributed by atoms with van der Waals surface area (Å²) in [6.45, 7) is 0.998. The molecular formula is C19H19ClFN5O3S. The van der Waals surface area contributed by atoms with Gasteiger partial charge < -0.3 is 5.32 Å². The van der Waals surface area contributed by atoms with Crippen molar-refractivity contribution in [2.75, 3.05) is 23.1 Å². The lowest BCUT2D eigenvalue weighted by molar-refractivity contribution is 0.101. The Morgan fingerprint density at radius 3 is 2.53 bits per heavy atom. The van der Waals surface area contributed by atoms with Crippen LogP contribution < -0.4 is 10.0 Å². The molecule has 11 heteroatoms. The van der Waals surface area contributed by atoms with Crippen molar-refractivity contribution >= 4 is 50.0 Å². The predicted octanol–water partition coefficient (Wildman–Crippen LogP) is 3.37. The molecule has 1 aliphatic rings. The van der Waals surface area contributed by atoms with Gasteiger partial charge >= 0.3 is 10.2 Å². The van der Waals surface area contributed by atoms with Gasteiger partial charge in [-0.05, 0) is 49.2 Å². The maximum atomic E-state index is 13.3. The van der Waals surface area contributed by atoms with E-state index in [0.29, 0.717) is 35.4 Å². The van der Waals surface area contributed by atoms with Gasteiger partial charge in [0.15, 0.2) is 0 Å². The Bertz CT molecular complexity index is 1240. The van der Waals surface area contributed by atoms with Crippen molar-refractivity contribution in [1.82, 2.24) is 14.1 Å². The minimum atomic E-state index is -3.62. The number of rotatable bonds is 5. The number of carbonyl (C=O) groups excluding carboxylic acids is 1. The molecule has 0 atom stereocenters. The van der Waals surface area contributed by atoms with E-state index in [0.717, 1.165) is 18.9 Å². The predicted molar refractivity (Wildman–Crippen MR) is 113 cm³/mol. The summed E-state index contributed by atoms with van der Waals surface area (Å²) in [5.41, 5.74) is 1.45. The third-order valence-electron chi connectivity index (χ3n) is 4.88. The number of nitrogens with one attached hydrogen (secondary N) is 2. The summed E-state index contributed by atoms with van der Waals surface area (Å²) in [6.07, 6.45) is 1.69. The van der Waals surface area contributed by atoms with Crippen LogP contribution in [0.3, 0.4) is 0 Å². The number of aryl methyl sites for hydroxylation is 1. The quantitative estimate of drug-likeness (QED) is 0.621. The number of hydrogen-bond acceptors (Lipinski definition) is 4. The zero-order chi connectivity index (χ0) is 21.5. The van der Waals surface area contributed by atoms with Crippen LogP contribution >= 0.6 is 11.6 Å². The van der Waals surface area contributed by atoms with Crippen molar-refractivity contribution in [3.05, 3.63) is 52.9 Å². The van der Waals surface area contributed by atoms with Crippen LogP contribution in [0.5, 0.6) is 0 Å². The molecule has 0 bridgehead atoms. The average molecular weight is 452 g/mol. The van der Waals surface area contributed by atoms with Crippen LogP contribution in [0.2, 0.25) is 5.02 Å². The van der Waals surface area contributed by atoms with Crippen LogP contribution in [0.15, 0.2) is 36.4 Å². The SMILES string of the molecule is Cn1nc2cc(NS(=O)(=O)N3CCCC3)ccc2c1C(=O)Nc1ccc(F)c(Cl)c1. The number of benzene rings is 2. The highest BCUT2D eigenvalue weighted by Crippen LogP contribution is 2.25. The van der Waals surface area contributed by atoms with Crippen LogP contribution in [0, 0.1) is 5.82 Å². The summed E-state index contributed by atoms with van der Waals surface area (Å²) in [7, 11) is -2.01. The van der Waals surface area contributed by atoms with E-state index < -0.39 is 21.9 Å². The molecule has 0 saturated carbocycles. The summed E-state index contributed by atoms with van der Waals surface area (Å²) in [4.78, 5) is 12.8. The van der Waals surface area contributed by atoms with Crippen molar-refractivity contribution < 1.29 is 17.6 Å². The first-order chi connectivity index (χ1) is 14.2. The number of amides is 1. The Hall–Kier alpha value is -2.69. The second-order valence-electron chi connectivity index (χ2n) is 7.00. The number of anilines is 2. The number of halogens is 2. The highest BCUT2D eigenvalue weighted by Gasteiger charge is 2.25. The molecule has 1 aromatic heterocycles. The number of fused-ring (bicyclic) bond motifs is 1. The molecule has 1 saturated heterocycles. The van der Waals surface area contributed by atoms with E-state index in [1.807, 2.05) is 0 Å². The fraction of sp³-hybridized carbons (Fsp3) is 0.263. The molecule has 2 aromatic carbocycles. The molecule has 4 rings (SSSR count). The molecule has 158 valence electrons. The van der Waals surface area contributed by atoms with Gasteiger partial charge in [-0.25, -0.2) is 4.39 Å². The Morgan fingerprint density at radius 2 is 1.83 bits per heavy atom. The Balaban J connectivity index is 1.60. The van der Waals surface area contributed by atoms with Gasteiger partial charge in [-0.2, -0.15) is 17.8 Å². The van der Waals surface area contributed by atoms with E-state index in [4.69, 9.17) is 11.6 Å². The van der Waals surface area contributed by atoms with Crippen molar-refractivity contribution in [3.8, 4) is 0 Å². The zero-order valence-electron chi connectivity index (χ0n) is 16.0. The summed E-state index contributed by atoms with van der Waals surface area (Å²) in [5.74, 6) is -1.03. The molecular weight excluding hydrogens is 433 g/mol. The monoisotopic (exact) mass is 451 g/mol. The largest absolute Gasteiger partial charge is 0.321 e. The second kappa shape index (κ2) is 7.86. The van der Waals surface area contributed by atoms with Crippen molar-refractivity contribution in [3.63, 3.8) is 0 Å². The first-order valence-electron chi connectivity index (χ1n) is 9.26. The molecule has 30 heavy (non-hydrogen) atoms. The normalized spacial score (nSPS) is 14.9. The third kappa shape index (κ3) is 3.98. The molecule has 2 N–H and O–H groups in total. The molecule has 0 aliphatic carbocycles. The molecule has 1 fully saturated rings. The lowest BCUT2D eigenvalue weighted by Crippen LogP contribution is -2.33. The summed E-state index contributed by atoms with van der Waals surface area (Å²) < 4.78 is 43.6. The number of carbonyl (C=O) groups is 1. The second-order valence-corrected chi connectivity index (χ2v) is 9.08. The van der Waals surface area contributed by atoms with Crippen LogP contribution in [0.25, 0.3) is 10.9 Å². The molecule has 3 aromatic rings. The maximum Gasteiger partial charge on any atom is 0.301 e. The average Bonchev–Trinajstić information content (AvgIpc) is 3.32. The summed E-state index contributed by atoms with van der Waals surface area (Å²) in [6, 6.07) is 8.69. The van der Waals surface area contributed by atoms with Crippen molar-refractivity contribution in [2.24, 2.45) is 7.05 Å². The van der Waals surface area contributed by atoms with Gasteiger partial charge in [0, 0.05) is 31.2 Å². The Kier molecular flexibility index (Phi) is 5.39. The molecule has 1 aliphatic heterocycles. The van der Waals surface area contributed by atoms with Gasteiger partial charge in [0.05, 0.1) is 16.2 Å². The van der Waals surface area contributed by atoms with Gasteiger partial charge in [0.1, 0.15) is 11.5 Å². The molecule has 2 heterocycles. The van der Waals surface area contributed by atoms with E-state index in [1.165, 1.54) is 21.1 Å². The first kappa shape index (κ1) is 20.6. The number of nitrogens with zero attached hydrogens (tertiary/aromatic N) is 3. The lowest BCUT2D eigenvalue weighted by Gasteiger charge is -2.16. The highest BCUT2D eigenvalue weighted by atomic mass is 35.5. The number of aromatic nitrogens is 2. The van der Waals surface area contributed by atoms with Crippen molar-refractivity contribution in [2.45, 2.75) is 12.8 Å². The molecule has 8 nitrogen and oxygen atoms in total. The standard InChI is InChI=1S/C19H19ClFN5O3S/c1-25-18(19(27)22-12-5-7-16(21)15(20)10-12)14-6-4-13(11-17(14)23-25)24-30(28,29)26-8-2-3-9-26/h4-7,10-11,24H,2-3,8-9H2,1H3,(H,22,27).